The van der Waals surface area contributed by atoms with E-state index in [9.17, 15) is 0 Å². The van der Waals surface area contributed by atoms with Gasteiger partial charge in [-0.15, -0.1) is 0 Å². The molecule has 1 saturated heterocycles. The molecule has 0 radical (unpaired) electrons. The average molecular weight is 205 g/mol. The predicted octanol–water partition coefficient (Wildman–Crippen LogP) is 1.35. The lowest BCUT2D eigenvalue weighted by molar-refractivity contribution is 0.0430. The molecule has 4 heteroatoms. The number of hydrogen-bond acceptors (Lipinski definition) is 4. The fourth-order valence-corrected chi connectivity index (χ4v) is 1.76. The Hall–Kier alpha value is 0.230. The van der Waals surface area contributed by atoms with Crippen molar-refractivity contribution in [2.75, 3.05) is 20.2 Å². The first kappa shape index (κ1) is 11.3. The minimum Gasteiger partial charge on any atom is -0.377 e. The highest BCUT2D eigenvalue weighted by atomic mass is 32.1. The van der Waals surface area contributed by atoms with Crippen LogP contribution in [0.2, 0.25) is 0 Å². The highest BCUT2D eigenvalue weighted by Crippen LogP contribution is 2.19. The number of nitrogens with zero attached hydrogens (tertiary/aromatic N) is 1. The number of rotatable bonds is 4. The Morgan fingerprint density at radius 1 is 1.54 bits per heavy atom. The van der Waals surface area contributed by atoms with Crippen LogP contribution in [0.15, 0.2) is 0 Å². The number of likely N-dealkylation sites (N-methyl/N-ethyl adjacent to an activating group) is 1. The minimum absolute atomic E-state index is 0.258. The summed E-state index contributed by atoms with van der Waals surface area (Å²) in [6, 6.07) is 0.486. The Morgan fingerprint density at radius 2 is 2.23 bits per heavy atom. The van der Waals surface area contributed by atoms with Gasteiger partial charge in [-0.1, -0.05) is 0 Å². The smallest absolute Gasteiger partial charge is 0.0861 e. The second kappa shape index (κ2) is 5.20. The van der Waals surface area contributed by atoms with Crippen LogP contribution in [-0.4, -0.2) is 43.3 Å². The van der Waals surface area contributed by atoms with E-state index in [1.54, 1.807) is 0 Å². The Balaban J connectivity index is 2.26. The van der Waals surface area contributed by atoms with Crippen molar-refractivity contribution >= 4 is 12.9 Å². The van der Waals surface area contributed by atoms with Crippen molar-refractivity contribution in [1.29, 1.82) is 0 Å². The summed E-state index contributed by atoms with van der Waals surface area (Å²) in [6.45, 7) is 5.86. The highest BCUT2D eigenvalue weighted by molar-refractivity contribution is 7.75. The third kappa shape index (κ3) is 3.46. The van der Waals surface area contributed by atoms with Gasteiger partial charge in [0.1, 0.15) is 0 Å². The maximum Gasteiger partial charge on any atom is 0.0861 e. The van der Waals surface area contributed by atoms with Gasteiger partial charge in [0.25, 0.3) is 0 Å². The Bertz CT molecular complexity index is 155. The average Bonchev–Trinajstić information content (AvgIpc) is 2.43. The normalized spacial score (nSPS) is 30.2. The lowest BCUT2D eigenvalue weighted by Crippen LogP contribution is -2.30. The largest absolute Gasteiger partial charge is 0.377 e. The van der Waals surface area contributed by atoms with Gasteiger partial charge >= 0.3 is 0 Å². The number of ether oxygens (including phenoxy) is 1. The van der Waals surface area contributed by atoms with Crippen molar-refractivity contribution in [1.82, 2.24) is 4.90 Å². The molecule has 0 N–H and O–H groups in total. The number of hydrogen-bond donors (Lipinski definition) is 1. The Labute approximate surface area is 86.0 Å². The van der Waals surface area contributed by atoms with Gasteiger partial charge in [-0.05, 0) is 40.2 Å². The van der Waals surface area contributed by atoms with Crippen LogP contribution in [-0.2, 0) is 8.92 Å². The molecule has 1 aliphatic rings. The van der Waals surface area contributed by atoms with Crippen molar-refractivity contribution in [3.05, 3.63) is 0 Å². The molecule has 13 heavy (non-hydrogen) atoms. The lowest BCUT2D eigenvalue weighted by Gasteiger charge is -2.19. The van der Waals surface area contributed by atoms with Gasteiger partial charge in [0.15, 0.2) is 0 Å². The van der Waals surface area contributed by atoms with E-state index in [-0.39, 0.29) is 6.10 Å². The molecule has 0 aliphatic carbocycles. The van der Waals surface area contributed by atoms with E-state index in [2.05, 4.69) is 38.7 Å². The predicted molar refractivity (Wildman–Crippen MR) is 56.0 cm³/mol. The molecule has 0 amide bonds. The van der Waals surface area contributed by atoms with Crippen LogP contribution in [0.25, 0.3) is 0 Å². The molecule has 78 valence electrons. The van der Waals surface area contributed by atoms with Gasteiger partial charge in [-0.25, -0.2) is 0 Å². The molecule has 1 fully saturated rings. The zero-order chi connectivity index (χ0) is 9.84. The summed E-state index contributed by atoms with van der Waals surface area (Å²) in [5, 5.41) is 0. The maximum atomic E-state index is 5.57. The summed E-state index contributed by atoms with van der Waals surface area (Å²) in [5.74, 6) is 0. The maximum absolute atomic E-state index is 5.57. The summed E-state index contributed by atoms with van der Waals surface area (Å²) in [7, 11) is 2.10. The molecule has 1 heterocycles. The van der Waals surface area contributed by atoms with Crippen LogP contribution in [0.5, 0.6) is 0 Å². The van der Waals surface area contributed by atoms with E-state index in [1.807, 2.05) is 0 Å². The number of likely N-dealkylation sites (tertiary alicyclic amines) is 1. The Kier molecular flexibility index (Phi) is 4.52. The van der Waals surface area contributed by atoms with Crippen molar-refractivity contribution in [3.8, 4) is 0 Å². The Morgan fingerprint density at radius 3 is 2.69 bits per heavy atom. The van der Waals surface area contributed by atoms with E-state index in [0.29, 0.717) is 12.1 Å². The molecule has 1 aliphatic heterocycles. The first-order valence-electron chi connectivity index (χ1n) is 4.75. The molecule has 0 aromatic heterocycles. The highest BCUT2D eigenvalue weighted by Gasteiger charge is 2.29. The van der Waals surface area contributed by atoms with Gasteiger partial charge in [0.2, 0.25) is 0 Å². The van der Waals surface area contributed by atoms with Crippen molar-refractivity contribution in [3.63, 3.8) is 0 Å². The monoisotopic (exact) mass is 205 g/mol. The molecular formula is C9H19NO2S. The van der Waals surface area contributed by atoms with E-state index < -0.39 is 0 Å². The molecule has 3 nitrogen and oxygen atoms in total. The van der Waals surface area contributed by atoms with Gasteiger partial charge in [-0.2, -0.15) is 0 Å². The molecule has 2 unspecified atom stereocenters. The molecule has 0 aromatic rings. The molecule has 0 saturated carbocycles. The van der Waals surface area contributed by atoms with Gasteiger partial charge in [0.05, 0.1) is 18.8 Å². The second-order valence-electron chi connectivity index (χ2n) is 3.94. The topological polar surface area (TPSA) is 21.7 Å². The van der Waals surface area contributed by atoms with Gasteiger partial charge in [0, 0.05) is 12.6 Å². The zero-order valence-corrected chi connectivity index (χ0v) is 9.46. The van der Waals surface area contributed by atoms with E-state index in [1.165, 1.54) is 0 Å². The standard InChI is InChI=1S/C9H19NO2S/c1-7(2)11-6-8-4-9(12-13)5-10(8)3/h7-9,13H,4-6H2,1-3H3. The molecule has 2 atom stereocenters. The van der Waals surface area contributed by atoms with Gasteiger partial charge in [-0.3, -0.25) is 4.90 Å². The third-order valence-electron chi connectivity index (χ3n) is 2.42. The van der Waals surface area contributed by atoms with Crippen molar-refractivity contribution < 1.29 is 8.92 Å². The van der Waals surface area contributed by atoms with Crippen molar-refractivity contribution in [2.45, 2.75) is 38.5 Å². The van der Waals surface area contributed by atoms with Crippen LogP contribution >= 0.6 is 12.9 Å². The van der Waals surface area contributed by atoms with Crippen LogP contribution in [0.1, 0.15) is 20.3 Å². The third-order valence-corrected chi connectivity index (χ3v) is 2.72. The van der Waals surface area contributed by atoms with E-state index in [4.69, 9.17) is 8.92 Å². The number of thiol groups is 1. The van der Waals surface area contributed by atoms with E-state index >= 15 is 0 Å². The second-order valence-corrected chi connectivity index (χ2v) is 4.15. The minimum atomic E-state index is 0.258. The van der Waals surface area contributed by atoms with Crippen LogP contribution in [0, 0.1) is 0 Å². The van der Waals surface area contributed by atoms with E-state index in [0.717, 1.165) is 19.6 Å². The van der Waals surface area contributed by atoms with Crippen molar-refractivity contribution in [2.24, 2.45) is 0 Å². The quantitative estimate of drug-likeness (QED) is 0.553. The fourth-order valence-electron chi connectivity index (χ4n) is 1.60. The van der Waals surface area contributed by atoms with Crippen LogP contribution in [0.4, 0.5) is 0 Å². The SMILES string of the molecule is CC(C)OCC1CC(OS)CN1C. The molecular weight excluding hydrogens is 186 g/mol. The summed E-state index contributed by atoms with van der Waals surface area (Å²) < 4.78 is 10.6. The molecule has 0 spiro atoms. The summed E-state index contributed by atoms with van der Waals surface area (Å²) in [5.41, 5.74) is 0. The molecule has 0 aromatic carbocycles. The summed E-state index contributed by atoms with van der Waals surface area (Å²) in [4.78, 5) is 2.27. The van der Waals surface area contributed by atoms with Crippen LogP contribution in [0.3, 0.4) is 0 Å². The first-order valence-corrected chi connectivity index (χ1v) is 5.12. The lowest BCUT2D eigenvalue weighted by atomic mass is 10.2. The zero-order valence-electron chi connectivity index (χ0n) is 8.56. The first-order chi connectivity index (χ1) is 6.13. The molecule has 0 bridgehead atoms. The fraction of sp³-hybridized carbons (Fsp3) is 1.00. The summed E-state index contributed by atoms with van der Waals surface area (Å²) in [6.07, 6.45) is 1.59. The molecule has 1 rings (SSSR count). The van der Waals surface area contributed by atoms with Crippen LogP contribution < -0.4 is 0 Å². The summed E-state index contributed by atoms with van der Waals surface area (Å²) >= 11 is 3.84. The van der Waals surface area contributed by atoms with Gasteiger partial charge < -0.3 is 8.92 Å².